The second-order valence-electron chi connectivity index (χ2n) is 4.54. The van der Waals surface area contributed by atoms with Gasteiger partial charge >= 0.3 is 0 Å². The van der Waals surface area contributed by atoms with E-state index in [-0.39, 0.29) is 0 Å². The first-order valence-corrected chi connectivity index (χ1v) is 6.90. The number of benzene rings is 1. The molecule has 1 atom stereocenters. The SMILES string of the molecule is CC(C)(C(O)c1ccc(F)c(F)c1F)S(C)(=O)=O. The molecule has 0 fully saturated rings. The molecule has 0 heterocycles. The van der Waals surface area contributed by atoms with Gasteiger partial charge < -0.3 is 5.11 Å². The molecule has 0 aliphatic rings. The fourth-order valence-corrected chi connectivity index (χ4v) is 1.86. The van der Waals surface area contributed by atoms with Gasteiger partial charge in [-0.1, -0.05) is 6.07 Å². The Hall–Kier alpha value is -1.08. The van der Waals surface area contributed by atoms with Gasteiger partial charge in [0.2, 0.25) is 0 Å². The number of hydrogen-bond acceptors (Lipinski definition) is 3. The van der Waals surface area contributed by atoms with Crippen LogP contribution in [0.15, 0.2) is 12.1 Å². The average molecular weight is 282 g/mol. The minimum Gasteiger partial charge on any atom is -0.387 e. The Kier molecular flexibility index (Phi) is 3.78. The van der Waals surface area contributed by atoms with Crippen LogP contribution in [-0.2, 0) is 9.84 Å². The summed E-state index contributed by atoms with van der Waals surface area (Å²) in [6.45, 7) is 2.35. The summed E-state index contributed by atoms with van der Waals surface area (Å²) in [5, 5.41) is 9.87. The molecule has 0 amide bonds. The highest BCUT2D eigenvalue weighted by molar-refractivity contribution is 7.92. The van der Waals surface area contributed by atoms with Crippen LogP contribution in [0.5, 0.6) is 0 Å². The van der Waals surface area contributed by atoms with Crippen LogP contribution < -0.4 is 0 Å². The van der Waals surface area contributed by atoms with Crippen LogP contribution in [0.25, 0.3) is 0 Å². The predicted octanol–water partition coefficient (Wildman–Crippen LogP) is 1.96. The van der Waals surface area contributed by atoms with Gasteiger partial charge in [-0.05, 0) is 19.9 Å². The Morgan fingerprint density at radius 1 is 1.17 bits per heavy atom. The van der Waals surface area contributed by atoms with Gasteiger partial charge in [0.25, 0.3) is 0 Å². The van der Waals surface area contributed by atoms with E-state index in [1.165, 1.54) is 13.8 Å². The zero-order valence-corrected chi connectivity index (χ0v) is 10.9. The number of rotatable bonds is 3. The summed E-state index contributed by atoms with van der Waals surface area (Å²) in [4.78, 5) is 0. The molecule has 0 spiro atoms. The highest BCUT2D eigenvalue weighted by Gasteiger charge is 2.40. The molecular weight excluding hydrogens is 269 g/mol. The lowest BCUT2D eigenvalue weighted by atomic mass is 9.97. The Morgan fingerprint density at radius 3 is 2.11 bits per heavy atom. The molecular formula is C11H13F3O3S. The zero-order valence-electron chi connectivity index (χ0n) is 10.0. The topological polar surface area (TPSA) is 54.4 Å². The highest BCUT2D eigenvalue weighted by atomic mass is 32.2. The number of sulfone groups is 1. The van der Waals surface area contributed by atoms with Crippen molar-refractivity contribution < 1.29 is 26.7 Å². The molecule has 102 valence electrons. The van der Waals surface area contributed by atoms with Gasteiger partial charge in [-0.25, -0.2) is 21.6 Å². The van der Waals surface area contributed by atoms with Gasteiger partial charge in [0.15, 0.2) is 27.3 Å². The maximum absolute atomic E-state index is 13.5. The molecule has 1 unspecified atom stereocenters. The van der Waals surface area contributed by atoms with Gasteiger partial charge in [0.05, 0.1) is 4.75 Å². The minimum atomic E-state index is -3.72. The molecule has 0 aliphatic heterocycles. The monoisotopic (exact) mass is 282 g/mol. The van der Waals surface area contributed by atoms with Crippen molar-refractivity contribution in [2.75, 3.05) is 6.26 Å². The van der Waals surface area contributed by atoms with Crippen LogP contribution in [0.2, 0.25) is 0 Å². The van der Waals surface area contributed by atoms with E-state index >= 15 is 0 Å². The maximum atomic E-state index is 13.5. The van der Waals surface area contributed by atoms with E-state index in [1.54, 1.807) is 0 Å². The van der Waals surface area contributed by atoms with E-state index in [0.717, 1.165) is 12.3 Å². The summed E-state index contributed by atoms with van der Waals surface area (Å²) in [6.07, 6.45) is -0.934. The van der Waals surface area contributed by atoms with Crippen molar-refractivity contribution in [3.63, 3.8) is 0 Å². The molecule has 3 nitrogen and oxygen atoms in total. The summed E-state index contributed by atoms with van der Waals surface area (Å²) < 4.78 is 60.5. The van der Waals surface area contributed by atoms with E-state index in [2.05, 4.69) is 0 Å². The van der Waals surface area contributed by atoms with Crippen molar-refractivity contribution in [3.8, 4) is 0 Å². The summed E-state index contributed by atoms with van der Waals surface area (Å²) in [6, 6.07) is 1.46. The van der Waals surface area contributed by atoms with Crippen molar-refractivity contribution in [1.82, 2.24) is 0 Å². The molecule has 0 saturated carbocycles. The number of hydrogen-bond donors (Lipinski definition) is 1. The molecule has 0 radical (unpaired) electrons. The average Bonchev–Trinajstić information content (AvgIpc) is 2.24. The molecule has 1 aromatic rings. The second-order valence-corrected chi connectivity index (χ2v) is 7.14. The third-order valence-electron chi connectivity index (χ3n) is 2.97. The van der Waals surface area contributed by atoms with Crippen molar-refractivity contribution in [2.45, 2.75) is 24.7 Å². The lowest BCUT2D eigenvalue weighted by Crippen LogP contribution is -2.38. The van der Waals surface area contributed by atoms with E-state index in [4.69, 9.17) is 0 Å². The first-order valence-electron chi connectivity index (χ1n) is 5.01. The molecule has 7 heteroatoms. The Labute approximate surface area is 103 Å². The van der Waals surface area contributed by atoms with E-state index in [9.17, 15) is 26.7 Å². The number of aliphatic hydroxyl groups is 1. The largest absolute Gasteiger partial charge is 0.387 e. The molecule has 0 aliphatic carbocycles. The third kappa shape index (κ3) is 2.37. The minimum absolute atomic E-state index is 0.593. The lowest BCUT2D eigenvalue weighted by Gasteiger charge is -2.29. The maximum Gasteiger partial charge on any atom is 0.194 e. The highest BCUT2D eigenvalue weighted by Crippen LogP contribution is 2.34. The lowest BCUT2D eigenvalue weighted by molar-refractivity contribution is 0.134. The van der Waals surface area contributed by atoms with Crippen LogP contribution in [0, 0.1) is 17.5 Å². The Bertz CT molecular complexity index is 567. The molecule has 18 heavy (non-hydrogen) atoms. The zero-order chi connectivity index (χ0) is 14.3. The van der Waals surface area contributed by atoms with Crippen molar-refractivity contribution in [1.29, 1.82) is 0 Å². The molecule has 0 bridgehead atoms. The van der Waals surface area contributed by atoms with Gasteiger partial charge in [0.1, 0.15) is 6.10 Å². The van der Waals surface area contributed by atoms with Gasteiger partial charge in [-0.2, -0.15) is 0 Å². The summed E-state index contributed by atoms with van der Waals surface area (Å²) in [5.41, 5.74) is -0.593. The Balaban J connectivity index is 3.37. The second kappa shape index (κ2) is 4.55. The normalized spacial score (nSPS) is 14.6. The predicted molar refractivity (Wildman–Crippen MR) is 60.2 cm³/mol. The molecule has 1 rings (SSSR count). The first kappa shape index (κ1) is 15.0. The van der Waals surface area contributed by atoms with Gasteiger partial charge in [-0.15, -0.1) is 0 Å². The van der Waals surface area contributed by atoms with Crippen LogP contribution >= 0.6 is 0 Å². The van der Waals surface area contributed by atoms with Crippen LogP contribution in [0.4, 0.5) is 13.2 Å². The first-order chi connectivity index (χ1) is 8.00. The Morgan fingerprint density at radius 2 is 1.67 bits per heavy atom. The van der Waals surface area contributed by atoms with Crippen LogP contribution in [0.3, 0.4) is 0 Å². The van der Waals surface area contributed by atoms with Crippen molar-refractivity contribution in [3.05, 3.63) is 35.1 Å². The third-order valence-corrected chi connectivity index (χ3v) is 5.11. The summed E-state index contributed by atoms with van der Waals surface area (Å²) >= 11 is 0. The van der Waals surface area contributed by atoms with Crippen LogP contribution in [-0.4, -0.2) is 24.5 Å². The fourth-order valence-electron chi connectivity index (χ4n) is 1.33. The van der Waals surface area contributed by atoms with Crippen molar-refractivity contribution >= 4 is 9.84 Å². The molecule has 1 aromatic carbocycles. The van der Waals surface area contributed by atoms with Gasteiger partial charge in [-0.3, -0.25) is 0 Å². The molecule has 1 N–H and O–H groups in total. The fraction of sp³-hybridized carbons (Fsp3) is 0.455. The standard InChI is InChI=1S/C11H13F3O3S/c1-11(2,18(3,16)17)10(15)6-4-5-7(12)9(14)8(6)13/h4-5,10,15H,1-3H3. The van der Waals surface area contributed by atoms with Crippen molar-refractivity contribution in [2.24, 2.45) is 0 Å². The summed E-state index contributed by atoms with van der Waals surface area (Å²) in [7, 11) is -3.72. The molecule has 0 aromatic heterocycles. The summed E-state index contributed by atoms with van der Waals surface area (Å²) in [5.74, 6) is -4.73. The smallest absolute Gasteiger partial charge is 0.194 e. The van der Waals surface area contributed by atoms with E-state index in [1.807, 2.05) is 0 Å². The van der Waals surface area contributed by atoms with Gasteiger partial charge in [0, 0.05) is 11.8 Å². The number of halogens is 3. The number of aliphatic hydroxyl groups excluding tert-OH is 1. The van der Waals surface area contributed by atoms with E-state index < -0.39 is 43.7 Å². The quantitative estimate of drug-likeness (QED) is 0.862. The molecule has 0 saturated heterocycles. The van der Waals surface area contributed by atoms with Crippen LogP contribution in [0.1, 0.15) is 25.5 Å². The van der Waals surface area contributed by atoms with E-state index in [0.29, 0.717) is 6.07 Å².